The van der Waals surface area contributed by atoms with E-state index in [-0.39, 0.29) is 0 Å². The lowest BCUT2D eigenvalue weighted by Gasteiger charge is -2.14. The fourth-order valence-electron chi connectivity index (χ4n) is 1.88. The third-order valence-corrected chi connectivity index (χ3v) is 2.79. The van der Waals surface area contributed by atoms with Gasteiger partial charge in [-0.2, -0.15) is 0 Å². The molecule has 2 atom stereocenters. The highest BCUT2D eigenvalue weighted by molar-refractivity contribution is 4.67. The number of ether oxygens (including phenoxy) is 1. The van der Waals surface area contributed by atoms with Crippen molar-refractivity contribution >= 4 is 0 Å². The van der Waals surface area contributed by atoms with Gasteiger partial charge in [0, 0.05) is 19.3 Å². The molecule has 1 aliphatic rings. The van der Waals surface area contributed by atoms with Gasteiger partial charge in [-0.25, -0.2) is 0 Å². The summed E-state index contributed by atoms with van der Waals surface area (Å²) in [4.78, 5) is 0. The first-order valence-corrected chi connectivity index (χ1v) is 5.64. The van der Waals surface area contributed by atoms with Crippen molar-refractivity contribution in [2.45, 2.75) is 45.6 Å². The third kappa shape index (κ3) is 4.63. The molecule has 1 aliphatic heterocycles. The van der Waals surface area contributed by atoms with Crippen LogP contribution in [0.15, 0.2) is 0 Å². The van der Waals surface area contributed by atoms with Crippen molar-refractivity contribution in [3.63, 3.8) is 0 Å². The molecule has 0 aromatic carbocycles. The van der Waals surface area contributed by atoms with Crippen molar-refractivity contribution in [2.75, 3.05) is 19.8 Å². The highest BCUT2D eigenvalue weighted by Crippen LogP contribution is 2.15. The van der Waals surface area contributed by atoms with Crippen LogP contribution in [0.3, 0.4) is 0 Å². The molecule has 1 saturated heterocycles. The lowest BCUT2D eigenvalue weighted by molar-refractivity contribution is 0.184. The fourth-order valence-corrected chi connectivity index (χ4v) is 1.88. The summed E-state index contributed by atoms with van der Waals surface area (Å²) in [7, 11) is 0. The van der Waals surface area contributed by atoms with E-state index in [1.807, 2.05) is 0 Å². The van der Waals surface area contributed by atoms with Gasteiger partial charge in [0.15, 0.2) is 0 Å². The average molecular weight is 185 g/mol. The lowest BCUT2D eigenvalue weighted by atomic mass is 10.1. The molecular weight excluding hydrogens is 162 g/mol. The van der Waals surface area contributed by atoms with E-state index >= 15 is 0 Å². The first kappa shape index (κ1) is 11.0. The van der Waals surface area contributed by atoms with Crippen molar-refractivity contribution in [2.24, 2.45) is 5.92 Å². The van der Waals surface area contributed by atoms with Crippen molar-refractivity contribution < 1.29 is 4.74 Å². The van der Waals surface area contributed by atoms with Gasteiger partial charge in [0.1, 0.15) is 0 Å². The summed E-state index contributed by atoms with van der Waals surface area (Å²) in [5.41, 5.74) is 0. The fraction of sp³-hybridized carbons (Fsp3) is 1.00. The molecule has 0 aliphatic carbocycles. The van der Waals surface area contributed by atoms with Gasteiger partial charge < -0.3 is 10.1 Å². The molecule has 2 heteroatoms. The molecule has 78 valence electrons. The van der Waals surface area contributed by atoms with Crippen LogP contribution in [0.25, 0.3) is 0 Å². The Morgan fingerprint density at radius 2 is 2.38 bits per heavy atom. The van der Waals surface area contributed by atoms with E-state index in [2.05, 4.69) is 19.2 Å². The smallest absolute Gasteiger partial charge is 0.0495 e. The Morgan fingerprint density at radius 1 is 1.54 bits per heavy atom. The highest BCUT2D eigenvalue weighted by Gasteiger charge is 2.14. The van der Waals surface area contributed by atoms with Gasteiger partial charge in [-0.05, 0) is 38.6 Å². The standard InChI is InChI=1S/C11H23NO/c1-3-4-10(2)12-7-5-11-6-8-13-9-11/h10-12H,3-9H2,1-2H3. The van der Waals surface area contributed by atoms with Crippen LogP contribution in [0, 0.1) is 5.92 Å². The maximum atomic E-state index is 5.33. The molecule has 2 unspecified atom stereocenters. The number of hydrogen-bond donors (Lipinski definition) is 1. The molecule has 1 heterocycles. The van der Waals surface area contributed by atoms with Crippen LogP contribution in [0.1, 0.15) is 39.5 Å². The molecule has 13 heavy (non-hydrogen) atoms. The van der Waals surface area contributed by atoms with Crippen LogP contribution in [0.4, 0.5) is 0 Å². The second-order valence-corrected chi connectivity index (χ2v) is 4.16. The van der Waals surface area contributed by atoms with Crippen molar-refractivity contribution in [1.29, 1.82) is 0 Å². The zero-order chi connectivity index (χ0) is 9.52. The zero-order valence-corrected chi connectivity index (χ0v) is 9.01. The predicted octanol–water partition coefficient (Wildman–Crippen LogP) is 2.19. The van der Waals surface area contributed by atoms with Crippen molar-refractivity contribution in [3.8, 4) is 0 Å². The topological polar surface area (TPSA) is 21.3 Å². The molecule has 0 bridgehead atoms. The van der Waals surface area contributed by atoms with E-state index in [1.165, 1.54) is 25.7 Å². The molecule has 0 aromatic rings. The van der Waals surface area contributed by atoms with E-state index in [9.17, 15) is 0 Å². The average Bonchev–Trinajstić information content (AvgIpc) is 2.57. The summed E-state index contributed by atoms with van der Waals surface area (Å²) < 4.78 is 5.33. The van der Waals surface area contributed by atoms with Gasteiger partial charge in [-0.15, -0.1) is 0 Å². The Kier molecular flexibility index (Phi) is 5.40. The van der Waals surface area contributed by atoms with Crippen LogP contribution in [-0.2, 0) is 4.74 Å². The summed E-state index contributed by atoms with van der Waals surface area (Å²) in [5, 5.41) is 3.55. The Labute approximate surface area is 82.0 Å². The summed E-state index contributed by atoms with van der Waals surface area (Å²) >= 11 is 0. The van der Waals surface area contributed by atoms with Gasteiger partial charge >= 0.3 is 0 Å². The van der Waals surface area contributed by atoms with Gasteiger partial charge in [-0.1, -0.05) is 13.3 Å². The first-order valence-electron chi connectivity index (χ1n) is 5.64. The number of hydrogen-bond acceptors (Lipinski definition) is 2. The quantitative estimate of drug-likeness (QED) is 0.685. The van der Waals surface area contributed by atoms with Crippen LogP contribution in [0.5, 0.6) is 0 Å². The van der Waals surface area contributed by atoms with E-state index in [0.717, 1.165) is 25.7 Å². The zero-order valence-electron chi connectivity index (χ0n) is 9.01. The maximum Gasteiger partial charge on any atom is 0.0495 e. The van der Waals surface area contributed by atoms with E-state index in [0.29, 0.717) is 6.04 Å². The van der Waals surface area contributed by atoms with E-state index in [4.69, 9.17) is 4.74 Å². The maximum absolute atomic E-state index is 5.33. The van der Waals surface area contributed by atoms with Crippen molar-refractivity contribution in [3.05, 3.63) is 0 Å². The molecule has 0 radical (unpaired) electrons. The monoisotopic (exact) mass is 185 g/mol. The first-order chi connectivity index (χ1) is 6.33. The SMILES string of the molecule is CCCC(C)NCCC1CCOC1. The summed E-state index contributed by atoms with van der Waals surface area (Å²) in [5.74, 6) is 0.821. The van der Waals surface area contributed by atoms with Crippen LogP contribution < -0.4 is 5.32 Å². The Bertz CT molecular complexity index is 121. The largest absolute Gasteiger partial charge is 0.381 e. The molecule has 0 saturated carbocycles. The molecular formula is C11H23NO. The van der Waals surface area contributed by atoms with Crippen molar-refractivity contribution in [1.82, 2.24) is 5.32 Å². The summed E-state index contributed by atoms with van der Waals surface area (Å²) in [6, 6.07) is 0.687. The van der Waals surface area contributed by atoms with E-state index < -0.39 is 0 Å². The molecule has 1 fully saturated rings. The number of rotatable bonds is 6. The number of nitrogens with one attached hydrogen (secondary N) is 1. The Morgan fingerprint density at radius 3 is 3.00 bits per heavy atom. The van der Waals surface area contributed by atoms with Gasteiger partial charge in [-0.3, -0.25) is 0 Å². The summed E-state index contributed by atoms with van der Waals surface area (Å²) in [6.07, 6.45) is 5.12. The van der Waals surface area contributed by atoms with E-state index in [1.54, 1.807) is 0 Å². The van der Waals surface area contributed by atoms with Gasteiger partial charge in [0.05, 0.1) is 0 Å². The van der Waals surface area contributed by atoms with Gasteiger partial charge in [0.2, 0.25) is 0 Å². The Hall–Kier alpha value is -0.0800. The summed E-state index contributed by atoms with van der Waals surface area (Å²) in [6.45, 7) is 7.64. The minimum Gasteiger partial charge on any atom is -0.381 e. The lowest BCUT2D eigenvalue weighted by Crippen LogP contribution is -2.28. The van der Waals surface area contributed by atoms with Crippen LogP contribution in [-0.4, -0.2) is 25.8 Å². The minimum absolute atomic E-state index is 0.687. The van der Waals surface area contributed by atoms with Crippen LogP contribution in [0.2, 0.25) is 0 Å². The molecule has 1 N–H and O–H groups in total. The minimum atomic E-state index is 0.687. The second-order valence-electron chi connectivity index (χ2n) is 4.16. The normalized spacial score (nSPS) is 24.9. The van der Waals surface area contributed by atoms with Crippen LogP contribution >= 0.6 is 0 Å². The third-order valence-electron chi connectivity index (χ3n) is 2.79. The highest BCUT2D eigenvalue weighted by atomic mass is 16.5. The van der Waals surface area contributed by atoms with Gasteiger partial charge in [0.25, 0.3) is 0 Å². The Balaban J connectivity index is 1.93. The molecule has 1 rings (SSSR count). The molecule has 0 spiro atoms. The molecule has 2 nitrogen and oxygen atoms in total. The molecule has 0 amide bonds. The predicted molar refractivity (Wildman–Crippen MR) is 55.9 cm³/mol. The second kappa shape index (κ2) is 6.39. The molecule has 0 aromatic heterocycles.